The van der Waals surface area contributed by atoms with Crippen molar-refractivity contribution in [2.75, 3.05) is 38.1 Å². The van der Waals surface area contributed by atoms with E-state index in [4.69, 9.17) is 0 Å². The first kappa shape index (κ1) is 11.0. The van der Waals surface area contributed by atoms with Crippen LogP contribution in [0.5, 0.6) is 0 Å². The maximum atomic E-state index is 3.47. The Bertz CT molecular complexity index is 310. The van der Waals surface area contributed by atoms with Gasteiger partial charge in [-0.15, -0.1) is 0 Å². The Morgan fingerprint density at radius 1 is 1.00 bits per heavy atom. The first-order valence-electron chi connectivity index (χ1n) is 5.45. The van der Waals surface area contributed by atoms with Crippen molar-refractivity contribution >= 4 is 21.6 Å². The maximum absolute atomic E-state index is 3.47. The summed E-state index contributed by atoms with van der Waals surface area (Å²) >= 11 is 3.47. The largest absolute Gasteiger partial charge is 0.370 e. The zero-order chi connectivity index (χ0) is 10.7. The average molecular weight is 269 g/mol. The van der Waals surface area contributed by atoms with Crippen LogP contribution in [0.1, 0.15) is 6.42 Å². The molecule has 15 heavy (non-hydrogen) atoms. The molecule has 0 saturated carbocycles. The van der Waals surface area contributed by atoms with Crippen LogP contribution in [0.15, 0.2) is 28.7 Å². The number of rotatable bonds is 1. The summed E-state index contributed by atoms with van der Waals surface area (Å²) < 4.78 is 1.15. The molecule has 1 fully saturated rings. The van der Waals surface area contributed by atoms with Gasteiger partial charge in [0.1, 0.15) is 0 Å². The van der Waals surface area contributed by atoms with Gasteiger partial charge in [-0.05, 0) is 44.3 Å². The van der Waals surface area contributed by atoms with E-state index >= 15 is 0 Å². The molecule has 1 aromatic rings. The van der Waals surface area contributed by atoms with E-state index in [0.717, 1.165) is 17.6 Å². The molecular formula is C12H17BrN2. The summed E-state index contributed by atoms with van der Waals surface area (Å²) in [6.45, 7) is 4.69. The number of hydrogen-bond donors (Lipinski definition) is 0. The van der Waals surface area contributed by atoms with Crippen molar-refractivity contribution in [3.8, 4) is 0 Å². The fraction of sp³-hybridized carbons (Fsp3) is 0.500. The van der Waals surface area contributed by atoms with E-state index in [1.165, 1.54) is 25.2 Å². The predicted octanol–water partition coefficient (Wildman–Crippen LogP) is 2.59. The molecule has 1 saturated heterocycles. The van der Waals surface area contributed by atoms with Crippen LogP contribution in [0.25, 0.3) is 0 Å². The normalized spacial score (nSPS) is 18.9. The van der Waals surface area contributed by atoms with Crippen LogP contribution < -0.4 is 4.90 Å². The van der Waals surface area contributed by atoms with Gasteiger partial charge in [-0.25, -0.2) is 0 Å². The number of anilines is 1. The minimum Gasteiger partial charge on any atom is -0.370 e. The van der Waals surface area contributed by atoms with Crippen molar-refractivity contribution in [1.82, 2.24) is 4.90 Å². The molecule has 0 radical (unpaired) electrons. The predicted molar refractivity (Wildman–Crippen MR) is 68.5 cm³/mol. The van der Waals surface area contributed by atoms with Gasteiger partial charge in [0.2, 0.25) is 0 Å². The summed E-state index contributed by atoms with van der Waals surface area (Å²) in [7, 11) is 2.20. The smallest absolute Gasteiger partial charge is 0.0367 e. The van der Waals surface area contributed by atoms with Crippen LogP contribution in [0, 0.1) is 0 Å². The summed E-state index contributed by atoms with van der Waals surface area (Å²) in [5.41, 5.74) is 1.34. The molecule has 1 heterocycles. The Hall–Kier alpha value is -0.540. The summed E-state index contributed by atoms with van der Waals surface area (Å²) in [6, 6.07) is 8.61. The van der Waals surface area contributed by atoms with Crippen molar-refractivity contribution in [2.24, 2.45) is 0 Å². The number of hydrogen-bond acceptors (Lipinski definition) is 2. The lowest BCUT2D eigenvalue weighted by atomic mass is 10.3. The fourth-order valence-electron chi connectivity index (χ4n) is 1.96. The van der Waals surface area contributed by atoms with Gasteiger partial charge in [-0.1, -0.05) is 15.9 Å². The third kappa shape index (κ3) is 2.95. The van der Waals surface area contributed by atoms with E-state index in [1.54, 1.807) is 0 Å². The number of nitrogens with zero attached hydrogens (tertiary/aromatic N) is 2. The topological polar surface area (TPSA) is 6.48 Å². The van der Waals surface area contributed by atoms with E-state index in [0.29, 0.717) is 0 Å². The van der Waals surface area contributed by atoms with Crippen LogP contribution in [0.3, 0.4) is 0 Å². The second kappa shape index (κ2) is 4.99. The highest BCUT2D eigenvalue weighted by atomic mass is 79.9. The Morgan fingerprint density at radius 2 is 1.73 bits per heavy atom. The monoisotopic (exact) mass is 268 g/mol. The van der Waals surface area contributed by atoms with E-state index < -0.39 is 0 Å². The van der Waals surface area contributed by atoms with Crippen molar-refractivity contribution in [2.45, 2.75) is 6.42 Å². The first-order valence-corrected chi connectivity index (χ1v) is 6.24. The molecule has 0 amide bonds. The van der Waals surface area contributed by atoms with Crippen molar-refractivity contribution in [3.63, 3.8) is 0 Å². The summed E-state index contributed by atoms with van der Waals surface area (Å²) in [5, 5.41) is 0. The minimum atomic E-state index is 1.14. The standard InChI is InChI=1S/C12H17BrN2/c1-14-7-2-8-15(10-9-14)12-5-3-11(13)4-6-12/h3-6H,2,7-10H2,1H3. The van der Waals surface area contributed by atoms with Gasteiger partial charge in [-0.2, -0.15) is 0 Å². The molecular weight excluding hydrogens is 252 g/mol. The fourth-order valence-corrected chi connectivity index (χ4v) is 2.22. The van der Waals surface area contributed by atoms with Gasteiger partial charge < -0.3 is 9.80 Å². The minimum absolute atomic E-state index is 1.14. The van der Waals surface area contributed by atoms with Gasteiger partial charge in [0.05, 0.1) is 0 Å². The highest BCUT2D eigenvalue weighted by molar-refractivity contribution is 9.10. The molecule has 0 bridgehead atoms. The van der Waals surface area contributed by atoms with Gasteiger partial charge in [0.15, 0.2) is 0 Å². The molecule has 3 heteroatoms. The second-order valence-corrected chi connectivity index (χ2v) is 5.04. The highest BCUT2D eigenvalue weighted by Crippen LogP contribution is 2.19. The molecule has 0 aromatic heterocycles. The molecule has 0 spiro atoms. The third-order valence-electron chi connectivity index (χ3n) is 2.91. The Kier molecular flexibility index (Phi) is 3.65. The molecule has 2 rings (SSSR count). The van der Waals surface area contributed by atoms with Crippen molar-refractivity contribution < 1.29 is 0 Å². The van der Waals surface area contributed by atoms with E-state index in [1.807, 2.05) is 0 Å². The summed E-state index contributed by atoms with van der Waals surface area (Å²) in [6.07, 6.45) is 1.26. The molecule has 0 N–H and O–H groups in total. The van der Waals surface area contributed by atoms with E-state index in [2.05, 4.69) is 57.0 Å². The van der Waals surface area contributed by atoms with Gasteiger partial charge in [0.25, 0.3) is 0 Å². The molecule has 2 nitrogen and oxygen atoms in total. The van der Waals surface area contributed by atoms with E-state index in [-0.39, 0.29) is 0 Å². The molecule has 1 aromatic carbocycles. The van der Waals surface area contributed by atoms with Crippen LogP contribution in [0.4, 0.5) is 5.69 Å². The number of halogens is 1. The molecule has 82 valence electrons. The van der Waals surface area contributed by atoms with Gasteiger partial charge >= 0.3 is 0 Å². The highest BCUT2D eigenvalue weighted by Gasteiger charge is 2.11. The molecule has 0 unspecified atom stereocenters. The van der Waals surface area contributed by atoms with Crippen molar-refractivity contribution in [1.29, 1.82) is 0 Å². The quantitative estimate of drug-likeness (QED) is 0.773. The lowest BCUT2D eigenvalue weighted by Gasteiger charge is -2.22. The van der Waals surface area contributed by atoms with Crippen LogP contribution in [-0.2, 0) is 0 Å². The Morgan fingerprint density at radius 3 is 2.47 bits per heavy atom. The molecule has 0 aliphatic carbocycles. The second-order valence-electron chi connectivity index (χ2n) is 4.12. The summed E-state index contributed by atoms with van der Waals surface area (Å²) in [4.78, 5) is 4.87. The number of likely N-dealkylation sites (N-methyl/N-ethyl adjacent to an activating group) is 1. The van der Waals surface area contributed by atoms with Crippen LogP contribution in [-0.4, -0.2) is 38.1 Å². The Balaban J connectivity index is 2.06. The zero-order valence-electron chi connectivity index (χ0n) is 9.12. The SMILES string of the molecule is CN1CCCN(c2ccc(Br)cc2)CC1. The van der Waals surface area contributed by atoms with Crippen LogP contribution >= 0.6 is 15.9 Å². The number of benzene rings is 1. The summed E-state index contributed by atoms with van der Waals surface area (Å²) in [5.74, 6) is 0. The van der Waals surface area contributed by atoms with E-state index in [9.17, 15) is 0 Å². The molecule has 0 atom stereocenters. The zero-order valence-corrected chi connectivity index (χ0v) is 10.7. The van der Waals surface area contributed by atoms with Crippen molar-refractivity contribution in [3.05, 3.63) is 28.7 Å². The van der Waals surface area contributed by atoms with Gasteiger partial charge in [-0.3, -0.25) is 0 Å². The molecule has 1 aliphatic heterocycles. The lowest BCUT2D eigenvalue weighted by molar-refractivity contribution is 0.360. The lowest BCUT2D eigenvalue weighted by Crippen LogP contribution is -2.28. The van der Waals surface area contributed by atoms with Crippen LogP contribution in [0.2, 0.25) is 0 Å². The average Bonchev–Trinajstić information content (AvgIpc) is 2.44. The Labute approximate surface area is 100 Å². The van der Waals surface area contributed by atoms with Gasteiger partial charge in [0, 0.05) is 29.8 Å². The molecule has 1 aliphatic rings. The maximum Gasteiger partial charge on any atom is 0.0367 e. The third-order valence-corrected chi connectivity index (χ3v) is 3.44. The first-order chi connectivity index (χ1) is 7.25.